The molecule has 1 atom stereocenters. The second-order valence-electron chi connectivity index (χ2n) is 6.07. The molecule has 5 nitrogen and oxygen atoms in total. The maximum absolute atomic E-state index is 12.5. The third kappa shape index (κ3) is 4.45. The largest absolute Gasteiger partial charge is 0.339 e. The maximum atomic E-state index is 12.5. The molecule has 1 aromatic carbocycles. The van der Waals surface area contributed by atoms with Gasteiger partial charge in [-0.2, -0.15) is 0 Å². The Morgan fingerprint density at radius 1 is 1.13 bits per heavy atom. The van der Waals surface area contributed by atoms with Crippen molar-refractivity contribution < 1.29 is 9.59 Å². The van der Waals surface area contributed by atoms with E-state index in [-0.39, 0.29) is 30.3 Å². The molecule has 0 radical (unpaired) electrons. The van der Waals surface area contributed by atoms with E-state index in [1.165, 1.54) is 6.42 Å². The number of nitrogens with one attached hydrogen (secondary N) is 2. The number of benzene rings is 1. The Morgan fingerprint density at radius 3 is 2.61 bits per heavy atom. The van der Waals surface area contributed by atoms with E-state index >= 15 is 0 Å². The fraction of sp³-hybridized carbons (Fsp3) is 0.529. The van der Waals surface area contributed by atoms with Gasteiger partial charge in [0, 0.05) is 24.3 Å². The third-order valence-electron chi connectivity index (χ3n) is 4.40. The van der Waals surface area contributed by atoms with E-state index in [1.54, 1.807) is 6.07 Å². The van der Waals surface area contributed by atoms with Gasteiger partial charge in [-0.1, -0.05) is 6.07 Å². The van der Waals surface area contributed by atoms with Gasteiger partial charge in [-0.05, 0) is 56.8 Å². The minimum absolute atomic E-state index is 0. The number of halogens is 1. The number of hydrogen-bond donors (Lipinski definition) is 2. The predicted molar refractivity (Wildman–Crippen MR) is 93.1 cm³/mol. The van der Waals surface area contributed by atoms with Crippen molar-refractivity contribution in [3.63, 3.8) is 0 Å². The van der Waals surface area contributed by atoms with Gasteiger partial charge in [0.1, 0.15) is 0 Å². The van der Waals surface area contributed by atoms with E-state index in [0.29, 0.717) is 11.3 Å². The van der Waals surface area contributed by atoms with Crippen LogP contribution >= 0.6 is 12.4 Å². The highest BCUT2D eigenvalue weighted by atomic mass is 35.5. The Labute approximate surface area is 143 Å². The zero-order valence-electron chi connectivity index (χ0n) is 13.2. The van der Waals surface area contributed by atoms with Crippen molar-refractivity contribution in [3.8, 4) is 0 Å². The molecule has 3 rings (SSSR count). The zero-order valence-corrected chi connectivity index (χ0v) is 14.0. The molecule has 2 saturated heterocycles. The number of anilines is 1. The van der Waals surface area contributed by atoms with E-state index in [4.69, 9.17) is 0 Å². The molecule has 0 spiro atoms. The van der Waals surface area contributed by atoms with Gasteiger partial charge < -0.3 is 15.5 Å². The second kappa shape index (κ2) is 8.31. The van der Waals surface area contributed by atoms with Gasteiger partial charge in [-0.3, -0.25) is 9.59 Å². The third-order valence-corrected chi connectivity index (χ3v) is 4.40. The summed E-state index contributed by atoms with van der Waals surface area (Å²) < 4.78 is 0. The molecule has 2 amide bonds. The van der Waals surface area contributed by atoms with Crippen LogP contribution in [0, 0.1) is 0 Å². The summed E-state index contributed by atoms with van der Waals surface area (Å²) in [7, 11) is 0. The summed E-state index contributed by atoms with van der Waals surface area (Å²) in [5.74, 6) is 0.0508. The average molecular weight is 338 g/mol. The Kier molecular flexibility index (Phi) is 6.42. The molecule has 2 aliphatic heterocycles. The Morgan fingerprint density at radius 2 is 1.91 bits per heavy atom. The molecule has 23 heavy (non-hydrogen) atoms. The molecule has 2 N–H and O–H groups in total. The molecule has 1 unspecified atom stereocenters. The van der Waals surface area contributed by atoms with Crippen molar-refractivity contribution in [2.75, 3.05) is 25.0 Å². The minimum Gasteiger partial charge on any atom is -0.339 e. The lowest BCUT2D eigenvalue weighted by Crippen LogP contribution is -2.36. The first-order chi connectivity index (χ1) is 10.7. The van der Waals surface area contributed by atoms with Crippen molar-refractivity contribution in [1.29, 1.82) is 0 Å². The number of nitrogens with zero attached hydrogens (tertiary/aromatic N) is 1. The van der Waals surface area contributed by atoms with E-state index in [2.05, 4.69) is 10.6 Å². The van der Waals surface area contributed by atoms with Crippen LogP contribution in [-0.2, 0) is 4.79 Å². The summed E-state index contributed by atoms with van der Waals surface area (Å²) in [6.07, 6.45) is 5.27. The van der Waals surface area contributed by atoms with E-state index in [0.717, 1.165) is 45.3 Å². The van der Waals surface area contributed by atoms with Crippen LogP contribution in [0.1, 0.15) is 42.5 Å². The maximum Gasteiger partial charge on any atom is 0.253 e. The fourth-order valence-electron chi connectivity index (χ4n) is 3.15. The number of likely N-dealkylation sites (tertiary alicyclic amines) is 1. The van der Waals surface area contributed by atoms with Gasteiger partial charge in [-0.25, -0.2) is 0 Å². The lowest BCUT2D eigenvalue weighted by atomic mass is 10.1. The Hall–Kier alpha value is -1.59. The minimum atomic E-state index is -0.110. The van der Waals surface area contributed by atoms with Crippen LogP contribution in [0.4, 0.5) is 5.69 Å². The lowest BCUT2D eigenvalue weighted by molar-refractivity contribution is -0.117. The van der Waals surface area contributed by atoms with Gasteiger partial charge in [-0.15, -0.1) is 12.4 Å². The molecule has 0 saturated carbocycles. The van der Waals surface area contributed by atoms with Crippen LogP contribution < -0.4 is 10.6 Å². The number of hydrogen-bond acceptors (Lipinski definition) is 3. The van der Waals surface area contributed by atoms with E-state index < -0.39 is 0 Å². The lowest BCUT2D eigenvalue weighted by Gasteiger charge is -2.26. The highest BCUT2D eigenvalue weighted by molar-refractivity contribution is 5.98. The van der Waals surface area contributed by atoms with Crippen molar-refractivity contribution in [3.05, 3.63) is 29.8 Å². The first kappa shape index (κ1) is 17.8. The van der Waals surface area contributed by atoms with Crippen LogP contribution in [0.15, 0.2) is 24.3 Å². The Bertz CT molecular complexity index is 553. The molecular weight excluding hydrogens is 314 g/mol. The fourth-order valence-corrected chi connectivity index (χ4v) is 3.15. The number of carbonyl (C=O) groups excluding carboxylic acids is 2. The summed E-state index contributed by atoms with van der Waals surface area (Å²) in [5.41, 5.74) is 1.35. The van der Waals surface area contributed by atoms with Crippen LogP contribution in [-0.4, -0.2) is 42.4 Å². The molecule has 0 aromatic heterocycles. The SMILES string of the molecule is Cl.O=C(Nc1cccc(C(=O)N2CCCCC2)c1)C1CCCN1. The van der Waals surface area contributed by atoms with Gasteiger partial charge >= 0.3 is 0 Å². The van der Waals surface area contributed by atoms with Crippen molar-refractivity contribution in [2.24, 2.45) is 0 Å². The smallest absolute Gasteiger partial charge is 0.253 e. The molecule has 0 aliphatic carbocycles. The molecule has 1 aromatic rings. The van der Waals surface area contributed by atoms with Gasteiger partial charge in [0.25, 0.3) is 5.91 Å². The molecule has 126 valence electrons. The number of rotatable bonds is 3. The van der Waals surface area contributed by atoms with Crippen molar-refractivity contribution in [2.45, 2.75) is 38.1 Å². The average Bonchev–Trinajstić information content (AvgIpc) is 3.10. The van der Waals surface area contributed by atoms with Crippen LogP contribution in [0.5, 0.6) is 0 Å². The zero-order chi connectivity index (χ0) is 15.4. The molecule has 2 fully saturated rings. The van der Waals surface area contributed by atoms with Crippen molar-refractivity contribution in [1.82, 2.24) is 10.2 Å². The molecular formula is C17H24ClN3O2. The number of carbonyl (C=O) groups is 2. The van der Waals surface area contributed by atoms with Crippen LogP contribution in [0.25, 0.3) is 0 Å². The summed E-state index contributed by atoms with van der Waals surface area (Å²) in [6.45, 7) is 2.56. The van der Waals surface area contributed by atoms with Gasteiger partial charge in [0.05, 0.1) is 6.04 Å². The summed E-state index contributed by atoms with van der Waals surface area (Å²) in [5, 5.41) is 6.09. The highest BCUT2D eigenvalue weighted by Gasteiger charge is 2.22. The van der Waals surface area contributed by atoms with Crippen molar-refractivity contribution >= 4 is 29.9 Å². The summed E-state index contributed by atoms with van der Waals surface area (Å²) in [6, 6.07) is 7.15. The standard InChI is InChI=1S/C17H23N3O2.ClH/c21-16(15-8-5-9-18-15)19-14-7-4-6-13(12-14)17(22)20-10-2-1-3-11-20;/h4,6-7,12,15,18H,1-3,5,8-11H2,(H,19,21);1H. The molecule has 2 aliphatic rings. The first-order valence-electron chi connectivity index (χ1n) is 8.17. The monoisotopic (exact) mass is 337 g/mol. The Balaban J connectivity index is 0.00000192. The molecule has 6 heteroatoms. The van der Waals surface area contributed by atoms with Crippen LogP contribution in [0.3, 0.4) is 0 Å². The summed E-state index contributed by atoms with van der Waals surface area (Å²) >= 11 is 0. The first-order valence-corrected chi connectivity index (χ1v) is 8.17. The van der Waals surface area contributed by atoms with Gasteiger partial charge in [0.2, 0.25) is 5.91 Å². The van der Waals surface area contributed by atoms with E-state index in [9.17, 15) is 9.59 Å². The number of piperidine rings is 1. The summed E-state index contributed by atoms with van der Waals surface area (Å²) in [4.78, 5) is 26.5. The predicted octanol–water partition coefficient (Wildman–Crippen LogP) is 2.42. The molecule has 2 heterocycles. The molecule has 0 bridgehead atoms. The topological polar surface area (TPSA) is 61.4 Å². The normalized spacial score (nSPS) is 20.7. The number of amides is 2. The van der Waals surface area contributed by atoms with Gasteiger partial charge in [0.15, 0.2) is 0 Å². The van der Waals surface area contributed by atoms with Crippen LogP contribution in [0.2, 0.25) is 0 Å². The quantitative estimate of drug-likeness (QED) is 0.890. The van der Waals surface area contributed by atoms with E-state index in [1.807, 2.05) is 23.1 Å². The second-order valence-corrected chi connectivity index (χ2v) is 6.07. The highest BCUT2D eigenvalue weighted by Crippen LogP contribution is 2.17.